The molecule has 3 heterocycles. The first-order valence-electron chi connectivity index (χ1n) is 12.5. The zero-order valence-electron chi connectivity index (χ0n) is 21.2. The van der Waals surface area contributed by atoms with Crippen LogP contribution in [0.2, 0.25) is 0 Å². The van der Waals surface area contributed by atoms with Crippen molar-refractivity contribution >= 4 is 16.8 Å². The van der Waals surface area contributed by atoms with Crippen molar-refractivity contribution in [1.82, 2.24) is 14.5 Å². The summed E-state index contributed by atoms with van der Waals surface area (Å²) < 4.78 is 82.4. The quantitative estimate of drug-likeness (QED) is 0.260. The van der Waals surface area contributed by atoms with Gasteiger partial charge in [0, 0.05) is 36.8 Å². The Labute approximate surface area is 224 Å². The highest BCUT2D eigenvalue weighted by atomic mass is 19.4. The fourth-order valence-corrected chi connectivity index (χ4v) is 5.12. The van der Waals surface area contributed by atoms with E-state index in [0.717, 1.165) is 0 Å². The lowest BCUT2D eigenvalue weighted by Gasteiger charge is -2.32. The van der Waals surface area contributed by atoms with E-state index >= 15 is 0 Å². The Balaban J connectivity index is 1.71. The first-order chi connectivity index (χ1) is 18.8. The third-order valence-corrected chi connectivity index (χ3v) is 6.98. The summed E-state index contributed by atoms with van der Waals surface area (Å²) in [4.78, 5) is 33.2. The lowest BCUT2D eigenvalue weighted by atomic mass is 9.95. The molecule has 1 atom stereocenters. The SMILES string of the molecule is CC1CCn2c(c(-c3ccccc3)c3cccnc3c2=O)C(=O)N(Cc2cc(C(F)(F)F)cc(C(F)(F)F)c2)C1. The maximum absolute atomic E-state index is 14.2. The molecule has 1 aliphatic heterocycles. The summed E-state index contributed by atoms with van der Waals surface area (Å²) in [7, 11) is 0. The molecule has 208 valence electrons. The number of amides is 1. The summed E-state index contributed by atoms with van der Waals surface area (Å²) in [5.74, 6) is -0.865. The predicted molar refractivity (Wildman–Crippen MR) is 136 cm³/mol. The Bertz CT molecular complexity index is 1610. The van der Waals surface area contributed by atoms with Crippen LogP contribution in [0.3, 0.4) is 0 Å². The lowest BCUT2D eigenvalue weighted by molar-refractivity contribution is -0.143. The number of nitrogens with zero attached hydrogens (tertiary/aromatic N) is 3. The van der Waals surface area contributed by atoms with Gasteiger partial charge in [-0.2, -0.15) is 26.3 Å². The second-order valence-electron chi connectivity index (χ2n) is 9.94. The molecule has 0 aliphatic carbocycles. The minimum atomic E-state index is -5.02. The highest BCUT2D eigenvalue weighted by Gasteiger charge is 2.38. The maximum Gasteiger partial charge on any atom is 0.416 e. The average molecular weight is 560 g/mol. The molecule has 2 aromatic carbocycles. The second kappa shape index (κ2) is 10.1. The normalized spacial score (nSPS) is 16.5. The van der Waals surface area contributed by atoms with Crippen molar-refractivity contribution in [2.45, 2.75) is 38.8 Å². The Hall–Kier alpha value is -4.15. The number of alkyl halides is 6. The van der Waals surface area contributed by atoms with Gasteiger partial charge in [-0.25, -0.2) is 0 Å². The van der Waals surface area contributed by atoms with Crippen LogP contribution in [0.5, 0.6) is 0 Å². The maximum atomic E-state index is 14.2. The van der Waals surface area contributed by atoms with E-state index < -0.39 is 41.5 Å². The van der Waals surface area contributed by atoms with Crippen LogP contribution in [-0.2, 0) is 25.4 Å². The molecule has 1 aliphatic rings. The first kappa shape index (κ1) is 27.4. The fourth-order valence-electron chi connectivity index (χ4n) is 5.12. The molecule has 5 nitrogen and oxygen atoms in total. The van der Waals surface area contributed by atoms with E-state index in [9.17, 15) is 35.9 Å². The molecule has 1 amide bonds. The minimum absolute atomic E-state index is 0.0200. The number of carbonyl (C=O) groups is 1. The number of benzene rings is 2. The van der Waals surface area contributed by atoms with Gasteiger partial charge >= 0.3 is 12.4 Å². The van der Waals surface area contributed by atoms with Crippen molar-refractivity contribution in [2.75, 3.05) is 6.54 Å². The van der Waals surface area contributed by atoms with Gasteiger partial charge in [-0.15, -0.1) is 0 Å². The van der Waals surface area contributed by atoms with Crippen molar-refractivity contribution in [3.63, 3.8) is 0 Å². The van der Waals surface area contributed by atoms with Crippen molar-refractivity contribution in [3.05, 3.63) is 99.6 Å². The molecule has 2 aromatic heterocycles. The lowest BCUT2D eigenvalue weighted by Crippen LogP contribution is -2.41. The van der Waals surface area contributed by atoms with Crippen molar-refractivity contribution < 1.29 is 31.1 Å². The third-order valence-electron chi connectivity index (χ3n) is 6.98. The van der Waals surface area contributed by atoms with Crippen LogP contribution in [0.4, 0.5) is 26.3 Å². The van der Waals surface area contributed by atoms with Gasteiger partial charge in [-0.3, -0.25) is 14.6 Å². The summed E-state index contributed by atoms with van der Waals surface area (Å²) in [6, 6.07) is 13.4. The van der Waals surface area contributed by atoms with Crippen LogP contribution in [0.15, 0.2) is 71.7 Å². The van der Waals surface area contributed by atoms with Gasteiger partial charge in [0.1, 0.15) is 11.2 Å². The number of aromatic nitrogens is 2. The van der Waals surface area contributed by atoms with E-state index in [-0.39, 0.29) is 41.8 Å². The monoisotopic (exact) mass is 559 g/mol. The molecule has 11 heteroatoms. The largest absolute Gasteiger partial charge is 0.416 e. The van der Waals surface area contributed by atoms with Gasteiger partial charge in [-0.05, 0) is 47.7 Å². The number of pyridine rings is 2. The Morgan fingerprint density at radius 1 is 0.900 bits per heavy atom. The molecule has 0 radical (unpaired) electrons. The molecule has 40 heavy (non-hydrogen) atoms. The molecular formula is C29H23F6N3O2. The van der Waals surface area contributed by atoms with Crippen LogP contribution in [0.25, 0.3) is 22.0 Å². The Morgan fingerprint density at radius 3 is 2.17 bits per heavy atom. The molecule has 0 spiro atoms. The summed E-state index contributed by atoms with van der Waals surface area (Å²) in [5.41, 5.74) is -2.51. The zero-order valence-corrected chi connectivity index (χ0v) is 21.2. The van der Waals surface area contributed by atoms with E-state index in [0.29, 0.717) is 35.1 Å². The van der Waals surface area contributed by atoms with Gasteiger partial charge in [0.15, 0.2) is 0 Å². The van der Waals surface area contributed by atoms with E-state index in [2.05, 4.69) is 4.98 Å². The smallest absolute Gasteiger partial charge is 0.333 e. The summed E-state index contributed by atoms with van der Waals surface area (Å²) >= 11 is 0. The van der Waals surface area contributed by atoms with Gasteiger partial charge in [0.2, 0.25) is 0 Å². The van der Waals surface area contributed by atoms with Crippen LogP contribution in [0, 0.1) is 5.92 Å². The molecule has 0 N–H and O–H groups in total. The van der Waals surface area contributed by atoms with Crippen molar-refractivity contribution in [2.24, 2.45) is 5.92 Å². The number of rotatable bonds is 3. The molecule has 0 fully saturated rings. The molecule has 0 saturated heterocycles. The van der Waals surface area contributed by atoms with E-state index in [1.54, 1.807) is 49.4 Å². The third kappa shape index (κ3) is 5.20. The van der Waals surface area contributed by atoms with Gasteiger partial charge in [0.05, 0.1) is 11.1 Å². The average Bonchev–Trinajstić information content (AvgIpc) is 2.90. The standard InChI is InChI=1S/C29H23F6N3O2/c1-17-9-11-38-25(23(19-6-3-2-4-7-19)22-8-5-10-36-24(22)26(38)39)27(40)37(15-17)16-18-12-20(28(30,31)32)14-21(13-18)29(33,34)35/h2-8,10,12-14,17H,9,11,15-16H2,1H3. The summed E-state index contributed by atoms with van der Waals surface area (Å²) in [5, 5.41) is 0.422. The minimum Gasteiger partial charge on any atom is -0.333 e. The van der Waals surface area contributed by atoms with Crippen LogP contribution < -0.4 is 5.56 Å². The van der Waals surface area contributed by atoms with Crippen LogP contribution in [0.1, 0.15) is 40.5 Å². The van der Waals surface area contributed by atoms with Crippen LogP contribution >= 0.6 is 0 Å². The predicted octanol–water partition coefficient (Wildman–Crippen LogP) is 6.78. The topological polar surface area (TPSA) is 55.2 Å². The van der Waals surface area contributed by atoms with Gasteiger partial charge in [-0.1, -0.05) is 43.3 Å². The highest BCUT2D eigenvalue weighted by molar-refractivity contribution is 6.07. The molecule has 1 unspecified atom stereocenters. The zero-order chi connectivity index (χ0) is 28.8. The first-order valence-corrected chi connectivity index (χ1v) is 12.5. The molecule has 5 rings (SSSR count). The van der Waals surface area contributed by atoms with E-state index in [1.807, 2.05) is 0 Å². The summed E-state index contributed by atoms with van der Waals surface area (Å²) in [6.07, 6.45) is -8.12. The van der Waals surface area contributed by atoms with Crippen molar-refractivity contribution in [3.8, 4) is 11.1 Å². The fraction of sp³-hybridized carbons (Fsp3) is 0.276. The number of hydrogen-bond donors (Lipinski definition) is 0. The molecule has 4 aromatic rings. The Kier molecular flexibility index (Phi) is 6.93. The molecule has 0 bridgehead atoms. The van der Waals surface area contributed by atoms with E-state index in [1.165, 1.54) is 15.7 Å². The Morgan fingerprint density at radius 2 is 1.55 bits per heavy atom. The summed E-state index contributed by atoms with van der Waals surface area (Å²) in [6.45, 7) is 1.57. The van der Waals surface area contributed by atoms with Crippen LogP contribution in [-0.4, -0.2) is 26.9 Å². The molecule has 0 saturated carbocycles. The van der Waals surface area contributed by atoms with Gasteiger partial charge in [0.25, 0.3) is 11.5 Å². The molecular weight excluding hydrogens is 536 g/mol. The van der Waals surface area contributed by atoms with Crippen molar-refractivity contribution in [1.29, 1.82) is 0 Å². The number of carbonyl (C=O) groups excluding carboxylic acids is 1. The van der Waals surface area contributed by atoms with Gasteiger partial charge < -0.3 is 9.47 Å². The number of halogens is 6. The second-order valence-corrected chi connectivity index (χ2v) is 9.94. The number of fused-ring (bicyclic) bond motifs is 2. The highest BCUT2D eigenvalue weighted by Crippen LogP contribution is 2.37. The van der Waals surface area contributed by atoms with E-state index in [4.69, 9.17) is 0 Å². The number of hydrogen-bond acceptors (Lipinski definition) is 3.